The van der Waals surface area contributed by atoms with E-state index in [0.717, 1.165) is 27.7 Å². The van der Waals surface area contributed by atoms with Gasteiger partial charge in [0.15, 0.2) is 5.76 Å². The minimum absolute atomic E-state index is 0.0708. The van der Waals surface area contributed by atoms with Crippen molar-refractivity contribution in [1.29, 1.82) is 0 Å². The van der Waals surface area contributed by atoms with Crippen molar-refractivity contribution in [2.24, 2.45) is 0 Å². The number of fused-ring (bicyclic) bond motifs is 1. The SMILES string of the molecule is Cc1ccc(-c2onc3ccc(C(=O)N(C)c4cccc(C)c4)cc23)cc1. The van der Waals surface area contributed by atoms with E-state index < -0.39 is 0 Å². The molecule has 0 radical (unpaired) electrons. The number of rotatable bonds is 3. The molecule has 0 N–H and O–H groups in total. The normalized spacial score (nSPS) is 10.9. The van der Waals surface area contributed by atoms with Crippen LogP contribution in [0.15, 0.2) is 71.3 Å². The highest BCUT2D eigenvalue weighted by Gasteiger charge is 2.17. The number of carbonyl (C=O) groups excluding carboxylic acids is 1. The van der Waals surface area contributed by atoms with Gasteiger partial charge in [-0.25, -0.2) is 0 Å². The van der Waals surface area contributed by atoms with Crippen molar-refractivity contribution < 1.29 is 9.32 Å². The van der Waals surface area contributed by atoms with Gasteiger partial charge in [0.2, 0.25) is 0 Å². The summed E-state index contributed by atoms with van der Waals surface area (Å²) in [5.74, 6) is 0.608. The molecule has 4 rings (SSSR count). The summed E-state index contributed by atoms with van der Waals surface area (Å²) < 4.78 is 5.56. The number of anilines is 1. The summed E-state index contributed by atoms with van der Waals surface area (Å²) in [4.78, 5) is 14.6. The molecule has 0 aliphatic heterocycles. The van der Waals surface area contributed by atoms with Gasteiger partial charge in [0.25, 0.3) is 5.91 Å². The maximum Gasteiger partial charge on any atom is 0.258 e. The fourth-order valence-corrected chi connectivity index (χ4v) is 3.14. The number of aryl methyl sites for hydroxylation is 2. The van der Waals surface area contributed by atoms with Gasteiger partial charge in [-0.15, -0.1) is 0 Å². The second kappa shape index (κ2) is 6.72. The molecule has 134 valence electrons. The molecule has 0 unspecified atom stereocenters. The molecule has 0 aliphatic rings. The molecule has 0 bridgehead atoms. The molecule has 0 atom stereocenters. The zero-order valence-electron chi connectivity index (χ0n) is 15.6. The molecule has 0 spiro atoms. The van der Waals surface area contributed by atoms with Crippen molar-refractivity contribution in [3.05, 3.63) is 83.4 Å². The summed E-state index contributed by atoms with van der Waals surface area (Å²) >= 11 is 0. The Morgan fingerprint density at radius 2 is 1.70 bits per heavy atom. The van der Waals surface area contributed by atoms with Crippen molar-refractivity contribution in [2.75, 3.05) is 11.9 Å². The van der Waals surface area contributed by atoms with Crippen molar-refractivity contribution >= 4 is 22.5 Å². The first-order valence-electron chi connectivity index (χ1n) is 8.84. The Morgan fingerprint density at radius 3 is 2.44 bits per heavy atom. The third-order valence-electron chi connectivity index (χ3n) is 4.73. The molecule has 1 heterocycles. The molecule has 4 aromatic rings. The molecule has 0 fully saturated rings. The second-order valence-electron chi connectivity index (χ2n) is 6.81. The average molecular weight is 356 g/mol. The fourth-order valence-electron chi connectivity index (χ4n) is 3.14. The minimum atomic E-state index is -0.0708. The third kappa shape index (κ3) is 3.22. The molecule has 3 aromatic carbocycles. The Morgan fingerprint density at radius 1 is 0.926 bits per heavy atom. The van der Waals surface area contributed by atoms with Gasteiger partial charge in [-0.05, 0) is 49.7 Å². The smallest absolute Gasteiger partial charge is 0.258 e. The van der Waals surface area contributed by atoms with Crippen LogP contribution in [0.3, 0.4) is 0 Å². The molecule has 1 amide bonds. The van der Waals surface area contributed by atoms with Gasteiger partial charge in [0, 0.05) is 23.9 Å². The Hall–Kier alpha value is -3.40. The van der Waals surface area contributed by atoms with Crippen molar-refractivity contribution in [3.63, 3.8) is 0 Å². The van der Waals surface area contributed by atoms with Gasteiger partial charge in [0.05, 0.1) is 5.39 Å². The quantitative estimate of drug-likeness (QED) is 0.494. The van der Waals surface area contributed by atoms with Crippen LogP contribution in [0.25, 0.3) is 22.2 Å². The van der Waals surface area contributed by atoms with E-state index in [1.54, 1.807) is 18.0 Å². The van der Waals surface area contributed by atoms with E-state index in [9.17, 15) is 4.79 Å². The van der Waals surface area contributed by atoms with E-state index >= 15 is 0 Å². The first kappa shape index (κ1) is 17.0. The predicted molar refractivity (Wildman–Crippen MR) is 108 cm³/mol. The van der Waals surface area contributed by atoms with Crippen LogP contribution >= 0.6 is 0 Å². The summed E-state index contributed by atoms with van der Waals surface area (Å²) in [7, 11) is 1.79. The number of carbonyl (C=O) groups is 1. The first-order chi connectivity index (χ1) is 13.0. The molecular formula is C23H20N2O2. The summed E-state index contributed by atoms with van der Waals surface area (Å²) in [5, 5.41) is 4.97. The van der Waals surface area contributed by atoms with Crippen molar-refractivity contribution in [2.45, 2.75) is 13.8 Å². The Kier molecular flexibility index (Phi) is 4.24. The maximum atomic E-state index is 13.0. The zero-order chi connectivity index (χ0) is 19.0. The molecule has 4 heteroatoms. The molecule has 0 saturated carbocycles. The summed E-state index contributed by atoms with van der Waals surface area (Å²) in [6.45, 7) is 4.05. The lowest BCUT2D eigenvalue weighted by molar-refractivity contribution is 0.0993. The van der Waals surface area contributed by atoms with Gasteiger partial charge < -0.3 is 9.42 Å². The lowest BCUT2D eigenvalue weighted by atomic mass is 10.0. The maximum absolute atomic E-state index is 13.0. The van der Waals surface area contributed by atoms with Crippen LogP contribution in [0.5, 0.6) is 0 Å². The van der Waals surface area contributed by atoms with Crippen molar-refractivity contribution in [1.82, 2.24) is 5.16 Å². The Bertz CT molecular complexity index is 1130. The van der Waals surface area contributed by atoms with Crippen LogP contribution in [0.4, 0.5) is 5.69 Å². The molecule has 4 nitrogen and oxygen atoms in total. The number of benzene rings is 3. The van der Waals surface area contributed by atoms with Gasteiger partial charge in [0.1, 0.15) is 5.52 Å². The van der Waals surface area contributed by atoms with E-state index in [1.165, 1.54) is 5.56 Å². The fraction of sp³-hybridized carbons (Fsp3) is 0.130. The highest BCUT2D eigenvalue weighted by molar-refractivity contribution is 6.08. The standard InChI is InChI=1S/C23H20N2O2/c1-15-7-9-17(10-8-15)22-20-14-18(11-12-21(20)24-27-22)23(26)25(3)19-6-4-5-16(2)13-19/h4-14H,1-3H3. The lowest BCUT2D eigenvalue weighted by Gasteiger charge is -2.18. The van der Waals surface area contributed by atoms with Crippen LogP contribution in [-0.4, -0.2) is 18.1 Å². The lowest BCUT2D eigenvalue weighted by Crippen LogP contribution is -2.26. The van der Waals surface area contributed by atoms with Crippen LogP contribution in [0.1, 0.15) is 21.5 Å². The molecule has 1 aromatic heterocycles. The van der Waals surface area contributed by atoms with Crippen LogP contribution in [0.2, 0.25) is 0 Å². The largest absolute Gasteiger partial charge is 0.355 e. The van der Waals surface area contributed by atoms with Gasteiger partial charge in [-0.2, -0.15) is 0 Å². The van der Waals surface area contributed by atoms with Gasteiger partial charge in [-0.1, -0.05) is 47.1 Å². The summed E-state index contributed by atoms with van der Waals surface area (Å²) in [6.07, 6.45) is 0. The number of hydrogen-bond acceptors (Lipinski definition) is 3. The van der Waals surface area contributed by atoms with E-state index in [-0.39, 0.29) is 5.91 Å². The summed E-state index contributed by atoms with van der Waals surface area (Å²) in [5.41, 5.74) is 5.44. The van der Waals surface area contributed by atoms with Gasteiger partial charge >= 0.3 is 0 Å². The molecular weight excluding hydrogens is 336 g/mol. The predicted octanol–water partition coefficient (Wildman–Crippen LogP) is 5.39. The van der Waals surface area contributed by atoms with E-state index in [2.05, 4.69) is 5.16 Å². The molecule has 0 saturated heterocycles. The number of hydrogen-bond donors (Lipinski definition) is 0. The van der Waals surface area contributed by atoms with E-state index in [1.807, 2.05) is 74.5 Å². The second-order valence-corrected chi connectivity index (χ2v) is 6.81. The average Bonchev–Trinajstić information content (AvgIpc) is 3.10. The molecule has 0 aliphatic carbocycles. The van der Waals surface area contributed by atoms with E-state index in [4.69, 9.17) is 4.52 Å². The summed E-state index contributed by atoms with van der Waals surface area (Å²) in [6, 6.07) is 21.4. The molecule has 27 heavy (non-hydrogen) atoms. The third-order valence-corrected chi connectivity index (χ3v) is 4.73. The number of amides is 1. The minimum Gasteiger partial charge on any atom is -0.355 e. The number of nitrogens with zero attached hydrogens (tertiary/aromatic N) is 2. The topological polar surface area (TPSA) is 46.3 Å². The number of aromatic nitrogens is 1. The van der Waals surface area contributed by atoms with Gasteiger partial charge in [-0.3, -0.25) is 4.79 Å². The monoisotopic (exact) mass is 356 g/mol. The van der Waals surface area contributed by atoms with E-state index in [0.29, 0.717) is 11.3 Å². The zero-order valence-corrected chi connectivity index (χ0v) is 15.6. The van der Waals surface area contributed by atoms with Crippen LogP contribution in [-0.2, 0) is 0 Å². The van der Waals surface area contributed by atoms with Crippen molar-refractivity contribution in [3.8, 4) is 11.3 Å². The van der Waals surface area contributed by atoms with Crippen LogP contribution in [0, 0.1) is 13.8 Å². The Balaban J connectivity index is 1.73. The Labute approximate surface area is 158 Å². The highest BCUT2D eigenvalue weighted by atomic mass is 16.5. The highest BCUT2D eigenvalue weighted by Crippen LogP contribution is 2.30. The van der Waals surface area contributed by atoms with Crippen LogP contribution < -0.4 is 4.90 Å². The first-order valence-corrected chi connectivity index (χ1v) is 8.84.